The fraction of sp³-hybridized carbons (Fsp3) is 0.385. The van der Waals surface area contributed by atoms with Crippen LogP contribution in [0, 0.1) is 23.3 Å². The largest absolute Gasteiger partial charge is 0.460 e. The number of nitrogens with zero attached hydrogens (tertiary/aromatic N) is 1. The third-order valence-electron chi connectivity index (χ3n) is 4.03. The van der Waals surface area contributed by atoms with Crippen LogP contribution < -0.4 is 0 Å². The van der Waals surface area contributed by atoms with E-state index in [0.29, 0.717) is 44.2 Å². The highest BCUT2D eigenvalue weighted by Gasteiger charge is 2.11. The van der Waals surface area contributed by atoms with E-state index in [1.165, 1.54) is 0 Å². The van der Waals surface area contributed by atoms with Crippen LogP contribution in [0.1, 0.15) is 27.0 Å². The van der Waals surface area contributed by atoms with Gasteiger partial charge in [-0.1, -0.05) is 37.4 Å². The summed E-state index contributed by atoms with van der Waals surface area (Å²) < 4.78 is 21.0. The van der Waals surface area contributed by atoms with Crippen molar-refractivity contribution in [2.24, 2.45) is 0 Å². The molecular formula is C26H31NO5Si. The van der Waals surface area contributed by atoms with Crippen molar-refractivity contribution in [2.75, 3.05) is 46.8 Å². The number of esters is 1. The Morgan fingerprint density at radius 3 is 2.15 bits per heavy atom. The van der Waals surface area contributed by atoms with Gasteiger partial charge in [0, 0.05) is 36.2 Å². The maximum Gasteiger partial charge on any atom is 0.338 e. The van der Waals surface area contributed by atoms with E-state index in [0.717, 1.165) is 11.1 Å². The van der Waals surface area contributed by atoms with E-state index in [-0.39, 0.29) is 6.61 Å². The molecular weight excluding hydrogens is 434 g/mol. The SMILES string of the molecule is COCCOCCOCCOC(=O)c1cc(C#Cc2cccnc2)cc(C#C[Si](C)(C)C)c1. The molecule has 174 valence electrons. The molecule has 0 bridgehead atoms. The van der Waals surface area contributed by atoms with Crippen LogP contribution in [0.2, 0.25) is 19.6 Å². The van der Waals surface area contributed by atoms with E-state index in [1.54, 1.807) is 31.6 Å². The van der Waals surface area contributed by atoms with Crippen LogP contribution in [-0.2, 0) is 18.9 Å². The van der Waals surface area contributed by atoms with Crippen LogP contribution in [0.15, 0.2) is 42.7 Å². The number of hydrogen-bond donors (Lipinski definition) is 0. The number of methoxy groups -OCH3 is 1. The lowest BCUT2D eigenvalue weighted by molar-refractivity contribution is 0.00570. The molecule has 0 unspecified atom stereocenters. The molecule has 1 heterocycles. The van der Waals surface area contributed by atoms with E-state index in [4.69, 9.17) is 18.9 Å². The maximum absolute atomic E-state index is 12.6. The van der Waals surface area contributed by atoms with Gasteiger partial charge in [0.05, 0.1) is 38.6 Å². The molecule has 33 heavy (non-hydrogen) atoms. The monoisotopic (exact) mass is 465 g/mol. The third kappa shape index (κ3) is 11.5. The molecule has 0 N–H and O–H groups in total. The minimum Gasteiger partial charge on any atom is -0.460 e. The molecule has 0 atom stereocenters. The second-order valence-electron chi connectivity index (χ2n) is 8.14. The summed E-state index contributed by atoms with van der Waals surface area (Å²) in [5.41, 5.74) is 5.97. The Morgan fingerprint density at radius 1 is 0.879 bits per heavy atom. The van der Waals surface area contributed by atoms with Crippen LogP contribution in [-0.4, -0.2) is 65.8 Å². The van der Waals surface area contributed by atoms with E-state index >= 15 is 0 Å². The Bertz CT molecular complexity index is 1010. The van der Waals surface area contributed by atoms with Gasteiger partial charge in [-0.15, -0.1) is 5.54 Å². The molecule has 0 radical (unpaired) electrons. The van der Waals surface area contributed by atoms with Crippen LogP contribution >= 0.6 is 0 Å². The molecule has 0 saturated heterocycles. The molecule has 1 aromatic carbocycles. The van der Waals surface area contributed by atoms with Gasteiger partial charge in [0.25, 0.3) is 0 Å². The van der Waals surface area contributed by atoms with Gasteiger partial charge in [-0.2, -0.15) is 0 Å². The fourth-order valence-corrected chi connectivity index (χ4v) is 2.99. The number of carbonyl (C=O) groups excluding carboxylic acids is 1. The Balaban J connectivity index is 2.02. The molecule has 0 amide bonds. The van der Waals surface area contributed by atoms with Gasteiger partial charge in [-0.05, 0) is 30.3 Å². The number of hydrogen-bond acceptors (Lipinski definition) is 6. The minimum absolute atomic E-state index is 0.151. The summed E-state index contributed by atoms with van der Waals surface area (Å²) in [6.07, 6.45) is 3.39. The molecule has 0 aliphatic carbocycles. The van der Waals surface area contributed by atoms with Gasteiger partial charge in [-0.25, -0.2) is 4.79 Å². The van der Waals surface area contributed by atoms with Crippen molar-refractivity contribution in [3.8, 4) is 23.3 Å². The molecule has 1 aromatic heterocycles. The fourth-order valence-electron chi connectivity index (χ4n) is 2.47. The highest BCUT2D eigenvalue weighted by atomic mass is 28.3. The zero-order valence-electron chi connectivity index (χ0n) is 19.8. The van der Waals surface area contributed by atoms with Crippen LogP contribution in [0.5, 0.6) is 0 Å². The Hall–Kier alpha value is -2.94. The Morgan fingerprint density at radius 2 is 1.52 bits per heavy atom. The lowest BCUT2D eigenvalue weighted by Gasteiger charge is -2.08. The summed E-state index contributed by atoms with van der Waals surface area (Å²) >= 11 is 0. The third-order valence-corrected chi connectivity index (χ3v) is 4.90. The number of pyridine rings is 1. The first-order valence-corrected chi connectivity index (χ1v) is 14.3. The van der Waals surface area contributed by atoms with Crippen LogP contribution in [0.4, 0.5) is 0 Å². The number of benzene rings is 1. The molecule has 0 aliphatic heterocycles. The van der Waals surface area contributed by atoms with Crippen LogP contribution in [0.3, 0.4) is 0 Å². The molecule has 0 fully saturated rings. The van der Waals surface area contributed by atoms with Gasteiger partial charge >= 0.3 is 5.97 Å². The lowest BCUT2D eigenvalue weighted by Crippen LogP contribution is -2.16. The molecule has 2 aromatic rings. The van der Waals surface area contributed by atoms with Crippen molar-refractivity contribution in [2.45, 2.75) is 19.6 Å². The van der Waals surface area contributed by atoms with Crippen molar-refractivity contribution in [1.82, 2.24) is 4.98 Å². The molecule has 6 nitrogen and oxygen atoms in total. The number of rotatable bonds is 10. The summed E-state index contributed by atoms with van der Waals surface area (Å²) in [6, 6.07) is 9.06. The highest BCUT2D eigenvalue weighted by molar-refractivity contribution is 6.83. The maximum atomic E-state index is 12.6. The summed E-state index contributed by atoms with van der Waals surface area (Å²) in [5, 5.41) is 0. The number of ether oxygens (including phenoxy) is 4. The van der Waals surface area contributed by atoms with Gasteiger partial charge in [0.1, 0.15) is 14.7 Å². The number of aromatic nitrogens is 1. The molecule has 0 spiro atoms. The topological polar surface area (TPSA) is 66.9 Å². The van der Waals surface area contributed by atoms with Gasteiger partial charge in [0.2, 0.25) is 0 Å². The second-order valence-corrected chi connectivity index (χ2v) is 12.9. The van der Waals surface area contributed by atoms with Crippen molar-refractivity contribution < 1.29 is 23.7 Å². The van der Waals surface area contributed by atoms with Gasteiger partial charge in [0.15, 0.2) is 0 Å². The second kappa shape index (κ2) is 14.3. The van der Waals surface area contributed by atoms with Gasteiger partial charge < -0.3 is 18.9 Å². The predicted octanol–water partition coefficient (Wildman–Crippen LogP) is 3.55. The first-order chi connectivity index (χ1) is 15.9. The zero-order valence-corrected chi connectivity index (χ0v) is 20.8. The quantitative estimate of drug-likeness (QED) is 0.231. The normalized spacial score (nSPS) is 10.5. The van der Waals surface area contributed by atoms with E-state index in [2.05, 4.69) is 47.9 Å². The average molecular weight is 466 g/mol. The van der Waals surface area contributed by atoms with E-state index in [9.17, 15) is 4.79 Å². The Kier molecular flexibility index (Phi) is 11.4. The minimum atomic E-state index is -1.57. The standard InChI is InChI=1S/C26H31NO5Si/c1-29-11-12-30-13-14-31-15-16-32-26(28)25-19-23(8-7-22-6-5-10-27-21-22)18-24(20-25)9-17-33(2,3)4/h5-6,10,18-21H,11-16H2,1-4H3. The van der Waals surface area contributed by atoms with Crippen molar-refractivity contribution in [3.63, 3.8) is 0 Å². The smallest absolute Gasteiger partial charge is 0.338 e. The summed E-state index contributed by atoms with van der Waals surface area (Å²) in [4.78, 5) is 16.7. The van der Waals surface area contributed by atoms with E-state index in [1.807, 2.05) is 18.2 Å². The van der Waals surface area contributed by atoms with Gasteiger partial charge in [-0.3, -0.25) is 4.98 Å². The lowest BCUT2D eigenvalue weighted by atomic mass is 10.1. The number of carbonyl (C=O) groups is 1. The molecule has 7 heteroatoms. The van der Waals surface area contributed by atoms with E-state index < -0.39 is 14.0 Å². The summed E-state index contributed by atoms with van der Waals surface area (Å²) in [7, 11) is 0.0509. The van der Waals surface area contributed by atoms with Crippen molar-refractivity contribution >= 4 is 14.0 Å². The molecule has 0 saturated carbocycles. The predicted molar refractivity (Wildman–Crippen MR) is 131 cm³/mol. The summed E-state index contributed by atoms with van der Waals surface area (Å²) in [6.45, 7) is 8.93. The van der Waals surface area contributed by atoms with Crippen molar-refractivity contribution in [1.29, 1.82) is 0 Å². The molecule has 2 rings (SSSR count). The van der Waals surface area contributed by atoms with Crippen LogP contribution in [0.25, 0.3) is 0 Å². The Labute approximate surface area is 197 Å². The molecule has 0 aliphatic rings. The average Bonchev–Trinajstić information content (AvgIpc) is 2.80. The highest BCUT2D eigenvalue weighted by Crippen LogP contribution is 2.12. The summed E-state index contributed by atoms with van der Waals surface area (Å²) in [5.74, 6) is 8.93. The first-order valence-electron chi connectivity index (χ1n) is 10.8. The first kappa shape index (κ1) is 26.3. The van der Waals surface area contributed by atoms with Crippen molar-refractivity contribution in [3.05, 3.63) is 65.0 Å². The zero-order chi connectivity index (χ0) is 23.9.